The van der Waals surface area contributed by atoms with Crippen molar-refractivity contribution in [2.75, 3.05) is 7.11 Å². The lowest BCUT2D eigenvalue weighted by Gasteiger charge is -2.19. The molecule has 0 aliphatic rings. The zero-order valence-corrected chi connectivity index (χ0v) is 12.3. The van der Waals surface area contributed by atoms with Crippen molar-refractivity contribution in [3.8, 4) is 5.75 Å². The van der Waals surface area contributed by atoms with Crippen molar-refractivity contribution < 1.29 is 4.74 Å². The van der Waals surface area contributed by atoms with E-state index in [9.17, 15) is 0 Å². The van der Waals surface area contributed by atoms with Gasteiger partial charge in [0.2, 0.25) is 0 Å². The van der Waals surface area contributed by atoms with Crippen molar-refractivity contribution >= 4 is 11.6 Å². The predicted octanol–water partition coefficient (Wildman–Crippen LogP) is 4.93. The van der Waals surface area contributed by atoms with E-state index in [0.717, 1.165) is 10.8 Å². The lowest BCUT2D eigenvalue weighted by molar-refractivity contribution is 0.414. The fourth-order valence-electron chi connectivity index (χ4n) is 2.46. The van der Waals surface area contributed by atoms with Gasteiger partial charge in [-0.05, 0) is 67.3 Å². The van der Waals surface area contributed by atoms with E-state index >= 15 is 0 Å². The van der Waals surface area contributed by atoms with Gasteiger partial charge in [0.25, 0.3) is 0 Å². The molecule has 1 radical (unpaired) electrons. The summed E-state index contributed by atoms with van der Waals surface area (Å²) >= 11 is 5.93. The molecule has 2 aromatic carbocycles. The van der Waals surface area contributed by atoms with E-state index in [1.807, 2.05) is 24.3 Å². The second-order valence-electron chi connectivity index (χ2n) is 4.78. The van der Waals surface area contributed by atoms with E-state index in [1.54, 1.807) is 7.11 Å². The summed E-state index contributed by atoms with van der Waals surface area (Å²) in [6.07, 6.45) is 0. The van der Waals surface area contributed by atoms with Crippen LogP contribution in [0.3, 0.4) is 0 Å². The van der Waals surface area contributed by atoms with Gasteiger partial charge in [0.05, 0.1) is 7.11 Å². The quantitative estimate of drug-likeness (QED) is 0.770. The van der Waals surface area contributed by atoms with Gasteiger partial charge in [-0.15, -0.1) is 0 Å². The molecule has 2 rings (SSSR count). The van der Waals surface area contributed by atoms with Gasteiger partial charge in [0.15, 0.2) is 0 Å². The van der Waals surface area contributed by atoms with Crippen molar-refractivity contribution in [1.29, 1.82) is 0 Å². The van der Waals surface area contributed by atoms with E-state index in [4.69, 9.17) is 16.3 Å². The van der Waals surface area contributed by atoms with Crippen LogP contribution in [0, 0.1) is 20.8 Å². The minimum atomic E-state index is 0.100. The highest BCUT2D eigenvalue weighted by Gasteiger charge is 2.14. The molecule has 1 unspecified atom stereocenters. The van der Waals surface area contributed by atoms with Crippen LogP contribution in [0.2, 0.25) is 5.02 Å². The summed E-state index contributed by atoms with van der Waals surface area (Å²) in [6.45, 7) is 8.49. The van der Waals surface area contributed by atoms with E-state index in [1.165, 1.54) is 22.3 Å². The topological polar surface area (TPSA) is 9.23 Å². The molecule has 0 amide bonds. The molecule has 2 heteroatoms. The minimum absolute atomic E-state index is 0.100. The molecule has 0 saturated carbocycles. The Kier molecular flexibility index (Phi) is 4.16. The SMILES string of the molecule is [CH2]C(c1ccc(Cl)cc1)c1c(C)cc(OC)cc1C. The van der Waals surface area contributed by atoms with E-state index < -0.39 is 0 Å². The standard InChI is InChI=1S/C17H18ClO/c1-11-9-16(19-4)10-12(2)17(11)13(3)14-5-7-15(18)8-6-14/h5-10,13H,3H2,1-2,4H3. The Balaban J connectivity index is 2.44. The van der Waals surface area contributed by atoms with Gasteiger partial charge in [0.1, 0.15) is 5.75 Å². The second-order valence-corrected chi connectivity index (χ2v) is 5.22. The third-order valence-corrected chi connectivity index (χ3v) is 3.68. The van der Waals surface area contributed by atoms with E-state index in [2.05, 4.69) is 32.9 Å². The molecule has 99 valence electrons. The molecule has 0 fully saturated rings. The highest BCUT2D eigenvalue weighted by Crippen LogP contribution is 2.32. The van der Waals surface area contributed by atoms with Crippen LogP contribution in [-0.2, 0) is 0 Å². The summed E-state index contributed by atoms with van der Waals surface area (Å²) < 4.78 is 5.29. The summed E-state index contributed by atoms with van der Waals surface area (Å²) in [6, 6.07) is 12.0. The average molecular weight is 274 g/mol. The molecule has 0 spiro atoms. The molecule has 1 nitrogen and oxygen atoms in total. The molecule has 0 aromatic heterocycles. The number of hydrogen-bond acceptors (Lipinski definition) is 1. The number of halogens is 1. The van der Waals surface area contributed by atoms with Crippen LogP contribution in [-0.4, -0.2) is 7.11 Å². The van der Waals surface area contributed by atoms with Crippen molar-refractivity contribution in [2.45, 2.75) is 19.8 Å². The summed E-state index contributed by atoms with van der Waals surface area (Å²) in [7, 11) is 1.69. The fourth-order valence-corrected chi connectivity index (χ4v) is 2.59. The first kappa shape index (κ1) is 14.0. The number of rotatable bonds is 3. The fraction of sp³-hybridized carbons (Fsp3) is 0.235. The van der Waals surface area contributed by atoms with Crippen LogP contribution in [0.1, 0.15) is 28.2 Å². The lowest BCUT2D eigenvalue weighted by atomic mass is 9.87. The Morgan fingerprint density at radius 1 is 1.05 bits per heavy atom. The van der Waals surface area contributed by atoms with Crippen molar-refractivity contribution in [2.24, 2.45) is 0 Å². The molecule has 19 heavy (non-hydrogen) atoms. The summed E-state index contributed by atoms with van der Waals surface area (Å²) in [5.41, 5.74) is 4.82. The molecule has 0 aliphatic carbocycles. The normalized spacial score (nSPS) is 12.3. The first-order valence-corrected chi connectivity index (χ1v) is 6.64. The average Bonchev–Trinajstić information content (AvgIpc) is 2.38. The number of hydrogen-bond donors (Lipinski definition) is 0. The molecular formula is C17H18ClO. The highest BCUT2D eigenvalue weighted by molar-refractivity contribution is 6.30. The van der Waals surface area contributed by atoms with Crippen LogP contribution < -0.4 is 4.74 Å². The largest absolute Gasteiger partial charge is 0.497 e. The van der Waals surface area contributed by atoms with Crippen molar-refractivity contribution in [3.63, 3.8) is 0 Å². The second kappa shape index (κ2) is 5.66. The van der Waals surface area contributed by atoms with Gasteiger partial charge >= 0.3 is 0 Å². The Labute approximate surface area is 120 Å². The van der Waals surface area contributed by atoms with Gasteiger partial charge in [-0.2, -0.15) is 0 Å². The maximum atomic E-state index is 5.93. The summed E-state index contributed by atoms with van der Waals surface area (Å²) in [4.78, 5) is 0. The Bertz CT molecular complexity index is 549. The minimum Gasteiger partial charge on any atom is -0.497 e. The van der Waals surface area contributed by atoms with Gasteiger partial charge in [-0.1, -0.05) is 23.7 Å². The van der Waals surface area contributed by atoms with Crippen LogP contribution in [0.4, 0.5) is 0 Å². The molecular weight excluding hydrogens is 256 g/mol. The predicted molar refractivity (Wildman–Crippen MR) is 81.1 cm³/mol. The Morgan fingerprint density at radius 2 is 1.58 bits per heavy atom. The van der Waals surface area contributed by atoms with Crippen molar-refractivity contribution in [3.05, 3.63) is 70.6 Å². The summed E-state index contributed by atoms with van der Waals surface area (Å²) in [5.74, 6) is 0.991. The maximum Gasteiger partial charge on any atom is 0.119 e. The number of benzene rings is 2. The molecule has 0 saturated heterocycles. The molecule has 0 aliphatic heterocycles. The van der Waals surface area contributed by atoms with Crippen LogP contribution >= 0.6 is 11.6 Å². The lowest BCUT2D eigenvalue weighted by Crippen LogP contribution is -2.02. The van der Waals surface area contributed by atoms with Crippen LogP contribution in [0.5, 0.6) is 5.75 Å². The zero-order chi connectivity index (χ0) is 14.0. The zero-order valence-electron chi connectivity index (χ0n) is 11.5. The molecule has 0 bridgehead atoms. The van der Waals surface area contributed by atoms with Crippen molar-refractivity contribution in [1.82, 2.24) is 0 Å². The molecule has 1 atom stereocenters. The Morgan fingerprint density at radius 3 is 2.05 bits per heavy atom. The molecule has 0 N–H and O–H groups in total. The number of ether oxygens (including phenoxy) is 1. The van der Waals surface area contributed by atoms with Gasteiger partial charge in [-0.3, -0.25) is 0 Å². The number of aryl methyl sites for hydroxylation is 2. The van der Waals surface area contributed by atoms with Gasteiger partial charge < -0.3 is 4.74 Å². The highest BCUT2D eigenvalue weighted by atomic mass is 35.5. The molecule has 0 heterocycles. The van der Waals surface area contributed by atoms with Gasteiger partial charge in [-0.25, -0.2) is 0 Å². The maximum absolute atomic E-state index is 5.93. The van der Waals surface area contributed by atoms with Crippen LogP contribution in [0.25, 0.3) is 0 Å². The smallest absolute Gasteiger partial charge is 0.119 e. The molecule has 2 aromatic rings. The van der Waals surface area contributed by atoms with Gasteiger partial charge in [0, 0.05) is 10.9 Å². The number of methoxy groups -OCH3 is 1. The summed E-state index contributed by atoms with van der Waals surface area (Å²) in [5, 5.41) is 0.749. The van der Waals surface area contributed by atoms with E-state index in [-0.39, 0.29) is 5.92 Å². The van der Waals surface area contributed by atoms with E-state index in [0.29, 0.717) is 0 Å². The van der Waals surface area contributed by atoms with Crippen LogP contribution in [0.15, 0.2) is 36.4 Å². The first-order valence-electron chi connectivity index (χ1n) is 6.26. The third-order valence-electron chi connectivity index (χ3n) is 3.42. The first-order chi connectivity index (χ1) is 9.02. The third kappa shape index (κ3) is 2.93. The monoisotopic (exact) mass is 273 g/mol. The Hall–Kier alpha value is -1.47.